The van der Waals surface area contributed by atoms with E-state index in [1.807, 2.05) is 18.6 Å². The third-order valence-corrected chi connectivity index (χ3v) is 4.38. The van der Waals surface area contributed by atoms with Crippen LogP contribution >= 0.6 is 0 Å². The average Bonchev–Trinajstić information content (AvgIpc) is 2.37. The Balaban J connectivity index is 2.71. The highest BCUT2D eigenvalue weighted by molar-refractivity contribution is 7.89. The van der Waals surface area contributed by atoms with Crippen molar-refractivity contribution >= 4 is 10.0 Å². The molecular weight excluding hydrogens is 305 g/mol. The van der Waals surface area contributed by atoms with Gasteiger partial charge in [0.25, 0.3) is 0 Å². The van der Waals surface area contributed by atoms with E-state index in [1.165, 1.54) is 12.1 Å². The normalized spacial score (nSPS) is 14.1. The number of halogens is 3. The lowest BCUT2D eigenvalue weighted by molar-refractivity contribution is -0.132. The van der Waals surface area contributed by atoms with E-state index in [0.717, 1.165) is 12.1 Å². The first-order valence-electron chi connectivity index (χ1n) is 6.55. The molecule has 0 aliphatic carbocycles. The minimum Gasteiger partial charge on any atom is -0.310 e. The van der Waals surface area contributed by atoms with Crippen molar-refractivity contribution in [2.24, 2.45) is 0 Å². The summed E-state index contributed by atoms with van der Waals surface area (Å²) in [7, 11) is -3.91. The fourth-order valence-corrected chi connectivity index (χ4v) is 2.80. The summed E-state index contributed by atoms with van der Waals surface area (Å²) in [5.41, 5.74) is 0.908. The molecule has 21 heavy (non-hydrogen) atoms. The Bertz CT molecular complexity index is 542. The van der Waals surface area contributed by atoms with Crippen LogP contribution in [-0.2, 0) is 10.0 Å². The summed E-state index contributed by atoms with van der Waals surface area (Å²) in [6.45, 7) is 4.01. The molecule has 0 aromatic heterocycles. The molecule has 0 saturated carbocycles. The monoisotopic (exact) mass is 324 g/mol. The topological polar surface area (TPSA) is 58.2 Å². The van der Waals surface area contributed by atoms with Gasteiger partial charge in [-0.2, -0.15) is 13.2 Å². The summed E-state index contributed by atoms with van der Waals surface area (Å²) in [6, 6.07) is 6.14. The quantitative estimate of drug-likeness (QED) is 0.810. The van der Waals surface area contributed by atoms with Gasteiger partial charge in [0.2, 0.25) is 10.0 Å². The van der Waals surface area contributed by atoms with E-state index in [1.54, 1.807) is 12.1 Å². The smallest absolute Gasteiger partial charge is 0.310 e. The van der Waals surface area contributed by atoms with Crippen LogP contribution in [0.4, 0.5) is 13.2 Å². The molecule has 0 aliphatic rings. The van der Waals surface area contributed by atoms with Gasteiger partial charge in [-0.25, -0.2) is 13.1 Å². The summed E-state index contributed by atoms with van der Waals surface area (Å²) in [5.74, 6) is 0. The van der Waals surface area contributed by atoms with E-state index in [2.05, 4.69) is 5.32 Å². The highest BCUT2D eigenvalue weighted by atomic mass is 32.2. The number of rotatable bonds is 7. The van der Waals surface area contributed by atoms with Gasteiger partial charge >= 0.3 is 6.18 Å². The lowest BCUT2D eigenvalue weighted by Gasteiger charge is -2.13. The van der Waals surface area contributed by atoms with Crippen molar-refractivity contribution in [3.05, 3.63) is 29.8 Å². The van der Waals surface area contributed by atoms with Gasteiger partial charge in [-0.15, -0.1) is 0 Å². The first-order valence-corrected chi connectivity index (χ1v) is 8.04. The molecule has 0 saturated heterocycles. The van der Waals surface area contributed by atoms with E-state index in [0.29, 0.717) is 0 Å². The highest BCUT2D eigenvalue weighted by Gasteiger charge is 2.27. The van der Waals surface area contributed by atoms with Crippen LogP contribution in [0.3, 0.4) is 0 Å². The summed E-state index contributed by atoms with van der Waals surface area (Å²) < 4.78 is 61.6. The second kappa shape index (κ2) is 7.24. The third kappa shape index (κ3) is 6.03. The molecular formula is C13H19F3N2O2S. The fourth-order valence-electron chi connectivity index (χ4n) is 1.77. The molecule has 8 heteroatoms. The first kappa shape index (κ1) is 17.9. The molecule has 1 aromatic carbocycles. The summed E-state index contributed by atoms with van der Waals surface area (Å²) in [4.78, 5) is -0.0443. The van der Waals surface area contributed by atoms with E-state index < -0.39 is 29.2 Å². The van der Waals surface area contributed by atoms with Crippen molar-refractivity contribution in [2.45, 2.75) is 37.4 Å². The maximum atomic E-state index is 12.0. The lowest BCUT2D eigenvalue weighted by Crippen LogP contribution is -2.28. The molecule has 1 unspecified atom stereocenters. The minimum absolute atomic E-state index is 0.0443. The zero-order valence-electron chi connectivity index (χ0n) is 11.9. The van der Waals surface area contributed by atoms with Gasteiger partial charge in [0.1, 0.15) is 0 Å². The Morgan fingerprint density at radius 3 is 2.24 bits per heavy atom. The van der Waals surface area contributed by atoms with Crippen LogP contribution in [0.15, 0.2) is 29.2 Å². The minimum atomic E-state index is -4.38. The van der Waals surface area contributed by atoms with Gasteiger partial charge in [0.05, 0.1) is 11.3 Å². The molecule has 1 rings (SSSR count). The number of nitrogens with one attached hydrogen (secondary N) is 2. The van der Waals surface area contributed by atoms with Crippen LogP contribution in [0, 0.1) is 0 Å². The third-order valence-electron chi connectivity index (χ3n) is 2.90. The highest BCUT2D eigenvalue weighted by Crippen LogP contribution is 2.19. The molecule has 0 fully saturated rings. The van der Waals surface area contributed by atoms with Gasteiger partial charge in [0, 0.05) is 12.6 Å². The predicted molar refractivity (Wildman–Crippen MR) is 74.4 cm³/mol. The number of hydrogen-bond acceptors (Lipinski definition) is 3. The predicted octanol–water partition coefficient (Wildman–Crippen LogP) is 2.59. The van der Waals surface area contributed by atoms with E-state index >= 15 is 0 Å². The largest absolute Gasteiger partial charge is 0.390 e. The van der Waals surface area contributed by atoms with Crippen LogP contribution in [-0.4, -0.2) is 27.7 Å². The lowest BCUT2D eigenvalue weighted by atomic mass is 10.1. The van der Waals surface area contributed by atoms with E-state index in [-0.39, 0.29) is 10.9 Å². The summed E-state index contributed by atoms with van der Waals surface area (Å²) >= 11 is 0. The number of sulfonamides is 1. The number of benzene rings is 1. The fraction of sp³-hybridized carbons (Fsp3) is 0.538. The maximum absolute atomic E-state index is 12.0. The molecule has 0 aliphatic heterocycles. The molecule has 4 nitrogen and oxygen atoms in total. The Hall–Kier alpha value is -1.12. The van der Waals surface area contributed by atoms with Crippen molar-refractivity contribution in [1.82, 2.24) is 10.0 Å². The zero-order valence-corrected chi connectivity index (χ0v) is 12.7. The molecule has 0 spiro atoms. The maximum Gasteiger partial charge on any atom is 0.390 e. The number of alkyl halides is 3. The van der Waals surface area contributed by atoms with Gasteiger partial charge in [-0.1, -0.05) is 19.1 Å². The van der Waals surface area contributed by atoms with Crippen molar-refractivity contribution in [1.29, 1.82) is 0 Å². The van der Waals surface area contributed by atoms with Crippen molar-refractivity contribution in [2.75, 3.05) is 13.1 Å². The van der Waals surface area contributed by atoms with Crippen LogP contribution < -0.4 is 10.0 Å². The molecule has 1 aromatic rings. The van der Waals surface area contributed by atoms with Crippen LogP contribution in [0.1, 0.15) is 31.9 Å². The molecule has 0 bridgehead atoms. The SMILES string of the molecule is CCNC(C)c1ccc(S(=O)(=O)NCCC(F)(F)F)cc1. The molecule has 1 atom stereocenters. The molecule has 0 radical (unpaired) electrons. The first-order chi connectivity index (χ1) is 9.65. The Morgan fingerprint density at radius 2 is 1.76 bits per heavy atom. The second-order valence-corrected chi connectivity index (χ2v) is 6.38. The summed E-state index contributed by atoms with van der Waals surface area (Å²) in [5, 5.41) is 3.18. The van der Waals surface area contributed by atoms with Crippen molar-refractivity contribution in [3.63, 3.8) is 0 Å². The molecule has 2 N–H and O–H groups in total. The molecule has 0 heterocycles. The second-order valence-electron chi connectivity index (χ2n) is 4.61. The van der Waals surface area contributed by atoms with Crippen LogP contribution in [0.2, 0.25) is 0 Å². The standard InChI is InChI=1S/C13H19F3N2O2S/c1-3-17-10(2)11-4-6-12(7-5-11)21(19,20)18-9-8-13(14,15)16/h4-7,10,17-18H,3,8-9H2,1-2H3. The number of hydrogen-bond donors (Lipinski definition) is 2. The van der Waals surface area contributed by atoms with E-state index in [4.69, 9.17) is 0 Å². The van der Waals surface area contributed by atoms with Gasteiger partial charge in [-0.3, -0.25) is 0 Å². The van der Waals surface area contributed by atoms with Crippen LogP contribution in [0.5, 0.6) is 0 Å². The van der Waals surface area contributed by atoms with Crippen LogP contribution in [0.25, 0.3) is 0 Å². The van der Waals surface area contributed by atoms with Crippen molar-refractivity contribution in [3.8, 4) is 0 Å². The van der Waals surface area contributed by atoms with Gasteiger partial charge in [0.15, 0.2) is 0 Å². The van der Waals surface area contributed by atoms with Gasteiger partial charge < -0.3 is 5.32 Å². The van der Waals surface area contributed by atoms with Crippen molar-refractivity contribution < 1.29 is 21.6 Å². The Labute approximate surface area is 122 Å². The molecule has 0 amide bonds. The van der Waals surface area contributed by atoms with Gasteiger partial charge in [-0.05, 0) is 31.2 Å². The van der Waals surface area contributed by atoms with E-state index in [9.17, 15) is 21.6 Å². The summed E-state index contributed by atoms with van der Waals surface area (Å²) in [6.07, 6.45) is -5.57. The Kier molecular flexibility index (Phi) is 6.18. The Morgan fingerprint density at radius 1 is 1.19 bits per heavy atom. The zero-order chi connectivity index (χ0) is 16.1. The molecule has 120 valence electrons. The average molecular weight is 324 g/mol.